The van der Waals surface area contributed by atoms with Gasteiger partial charge in [-0.15, -0.1) is 0 Å². The molecule has 1 fully saturated rings. The number of ether oxygens (including phenoxy) is 1. The lowest BCUT2D eigenvalue weighted by Gasteiger charge is -2.34. The summed E-state index contributed by atoms with van der Waals surface area (Å²) in [6.45, 7) is 0.531. The Morgan fingerprint density at radius 1 is 1.33 bits per heavy atom. The maximum absolute atomic E-state index is 11.7. The predicted molar refractivity (Wildman–Crippen MR) is 67.6 cm³/mol. The van der Waals surface area contributed by atoms with E-state index in [2.05, 4.69) is 5.32 Å². The molecule has 1 saturated carbocycles. The quantitative estimate of drug-likeness (QED) is 0.774. The highest BCUT2D eigenvalue weighted by molar-refractivity contribution is 5.02. The summed E-state index contributed by atoms with van der Waals surface area (Å²) in [4.78, 5) is 23.3. The number of nitrogens with one attached hydrogen (secondary N) is 1. The zero-order valence-electron chi connectivity index (χ0n) is 11.0. The smallest absolute Gasteiger partial charge is 0.330 e. The van der Waals surface area contributed by atoms with E-state index in [9.17, 15) is 9.59 Å². The van der Waals surface area contributed by atoms with E-state index in [1.165, 1.54) is 17.7 Å². The molecule has 0 atom stereocenters. The van der Waals surface area contributed by atoms with E-state index >= 15 is 0 Å². The first kappa shape index (κ1) is 13.0. The molecule has 1 aliphatic rings. The lowest BCUT2D eigenvalue weighted by atomic mass is 9.89. The van der Waals surface area contributed by atoms with Crippen molar-refractivity contribution in [3.63, 3.8) is 0 Å². The van der Waals surface area contributed by atoms with Gasteiger partial charge in [-0.3, -0.25) is 13.9 Å². The topological polar surface area (TPSA) is 65.3 Å². The van der Waals surface area contributed by atoms with Crippen LogP contribution in [0.5, 0.6) is 0 Å². The molecule has 0 bridgehead atoms. The van der Waals surface area contributed by atoms with Gasteiger partial charge in [0.05, 0.1) is 6.10 Å². The minimum absolute atomic E-state index is 0.265. The molecule has 1 aromatic heterocycles. The van der Waals surface area contributed by atoms with Crippen molar-refractivity contribution in [3.8, 4) is 0 Å². The first-order chi connectivity index (χ1) is 8.52. The van der Waals surface area contributed by atoms with Gasteiger partial charge in [-0.05, 0) is 12.8 Å². The number of methoxy groups -OCH3 is 1. The maximum atomic E-state index is 11.7. The van der Waals surface area contributed by atoms with Crippen LogP contribution in [-0.2, 0) is 25.4 Å². The Morgan fingerprint density at radius 2 is 2.00 bits per heavy atom. The molecule has 0 saturated heterocycles. The van der Waals surface area contributed by atoms with Gasteiger partial charge >= 0.3 is 5.69 Å². The Balaban J connectivity index is 2.03. The molecule has 0 spiro atoms. The molecule has 1 heterocycles. The molecule has 18 heavy (non-hydrogen) atoms. The van der Waals surface area contributed by atoms with E-state index in [1.54, 1.807) is 14.2 Å². The molecule has 1 aliphatic carbocycles. The van der Waals surface area contributed by atoms with Gasteiger partial charge in [0.2, 0.25) is 0 Å². The summed E-state index contributed by atoms with van der Waals surface area (Å²) < 4.78 is 7.80. The van der Waals surface area contributed by atoms with Gasteiger partial charge in [0, 0.05) is 45.6 Å². The van der Waals surface area contributed by atoms with Crippen LogP contribution in [0.4, 0.5) is 0 Å². The van der Waals surface area contributed by atoms with E-state index in [-0.39, 0.29) is 11.2 Å². The van der Waals surface area contributed by atoms with Crippen molar-refractivity contribution >= 4 is 0 Å². The maximum Gasteiger partial charge on any atom is 0.330 e. The summed E-state index contributed by atoms with van der Waals surface area (Å²) in [5.74, 6) is 0. The second kappa shape index (κ2) is 5.07. The molecule has 6 nitrogen and oxygen atoms in total. The summed E-state index contributed by atoms with van der Waals surface area (Å²) in [6.07, 6.45) is 2.31. The van der Waals surface area contributed by atoms with Crippen molar-refractivity contribution < 1.29 is 4.74 Å². The van der Waals surface area contributed by atoms with E-state index in [4.69, 9.17) is 4.74 Å². The summed E-state index contributed by atoms with van der Waals surface area (Å²) >= 11 is 0. The van der Waals surface area contributed by atoms with Gasteiger partial charge < -0.3 is 10.1 Å². The van der Waals surface area contributed by atoms with Crippen LogP contribution in [0.1, 0.15) is 18.5 Å². The van der Waals surface area contributed by atoms with Crippen molar-refractivity contribution in [1.82, 2.24) is 14.5 Å². The molecule has 2 rings (SSSR count). The Morgan fingerprint density at radius 3 is 2.61 bits per heavy atom. The van der Waals surface area contributed by atoms with Gasteiger partial charge in [-0.25, -0.2) is 4.79 Å². The van der Waals surface area contributed by atoms with Crippen molar-refractivity contribution in [2.45, 2.75) is 31.5 Å². The normalized spacial score (nSPS) is 22.8. The number of aromatic nitrogens is 2. The SMILES string of the molecule is COC1CC(NCc2cc(=O)n(C)c(=O)n2C)C1. The van der Waals surface area contributed by atoms with Crippen LogP contribution in [0.15, 0.2) is 15.7 Å². The molecule has 6 heteroatoms. The molecule has 0 aliphatic heterocycles. The second-order valence-electron chi connectivity index (χ2n) is 4.78. The highest BCUT2D eigenvalue weighted by Gasteiger charge is 2.28. The van der Waals surface area contributed by atoms with Crippen LogP contribution in [0, 0.1) is 0 Å². The average molecular weight is 253 g/mol. The van der Waals surface area contributed by atoms with Gasteiger partial charge in [0.15, 0.2) is 0 Å². The van der Waals surface area contributed by atoms with E-state index in [0.29, 0.717) is 24.4 Å². The third-order valence-corrected chi connectivity index (χ3v) is 3.63. The molecule has 100 valence electrons. The Labute approximate surface area is 105 Å². The van der Waals surface area contributed by atoms with Crippen molar-refractivity contribution in [2.24, 2.45) is 14.1 Å². The molecule has 1 N–H and O–H groups in total. The number of hydrogen-bond acceptors (Lipinski definition) is 4. The van der Waals surface area contributed by atoms with E-state index in [1.807, 2.05) is 0 Å². The Kier molecular flexibility index (Phi) is 3.68. The third-order valence-electron chi connectivity index (χ3n) is 3.63. The summed E-state index contributed by atoms with van der Waals surface area (Å²) in [6, 6.07) is 1.91. The molecule has 0 unspecified atom stereocenters. The molecule has 0 radical (unpaired) electrons. The zero-order chi connectivity index (χ0) is 13.3. The van der Waals surface area contributed by atoms with Crippen LogP contribution in [0.3, 0.4) is 0 Å². The van der Waals surface area contributed by atoms with Crippen LogP contribution in [0.2, 0.25) is 0 Å². The molecule has 0 amide bonds. The highest BCUT2D eigenvalue weighted by atomic mass is 16.5. The number of rotatable bonds is 4. The molecular weight excluding hydrogens is 234 g/mol. The largest absolute Gasteiger partial charge is 0.381 e. The van der Waals surface area contributed by atoms with Crippen molar-refractivity contribution in [2.75, 3.05) is 7.11 Å². The first-order valence-corrected chi connectivity index (χ1v) is 6.05. The van der Waals surface area contributed by atoms with Gasteiger partial charge in [0.25, 0.3) is 5.56 Å². The zero-order valence-corrected chi connectivity index (χ0v) is 11.0. The summed E-state index contributed by atoms with van der Waals surface area (Å²) in [5, 5.41) is 3.33. The summed E-state index contributed by atoms with van der Waals surface area (Å²) in [7, 11) is 4.88. The van der Waals surface area contributed by atoms with Crippen LogP contribution in [-0.4, -0.2) is 28.4 Å². The molecule has 1 aromatic rings. The number of hydrogen-bond donors (Lipinski definition) is 1. The summed E-state index contributed by atoms with van der Waals surface area (Å²) in [5.41, 5.74) is 0.157. The lowest BCUT2D eigenvalue weighted by Crippen LogP contribution is -2.46. The Bertz CT molecular complexity index is 540. The molecule has 0 aromatic carbocycles. The van der Waals surface area contributed by atoms with Crippen molar-refractivity contribution in [3.05, 3.63) is 32.6 Å². The highest BCUT2D eigenvalue weighted by Crippen LogP contribution is 2.22. The number of nitrogens with zero attached hydrogens (tertiary/aromatic N) is 2. The van der Waals surface area contributed by atoms with E-state index in [0.717, 1.165) is 17.4 Å². The minimum Gasteiger partial charge on any atom is -0.381 e. The third kappa shape index (κ3) is 2.39. The lowest BCUT2D eigenvalue weighted by molar-refractivity contribution is 0.0168. The van der Waals surface area contributed by atoms with Gasteiger partial charge in [-0.2, -0.15) is 0 Å². The van der Waals surface area contributed by atoms with E-state index < -0.39 is 0 Å². The van der Waals surface area contributed by atoms with Gasteiger partial charge in [-0.1, -0.05) is 0 Å². The standard InChI is InChI=1S/C12H19N3O3/c1-14-9(6-11(16)15(2)12(14)17)7-13-8-4-10(5-8)18-3/h6,8,10,13H,4-5,7H2,1-3H3. The first-order valence-electron chi connectivity index (χ1n) is 6.05. The van der Waals surface area contributed by atoms with Crippen molar-refractivity contribution in [1.29, 1.82) is 0 Å². The van der Waals surface area contributed by atoms with Crippen LogP contribution < -0.4 is 16.6 Å². The fourth-order valence-electron chi connectivity index (χ4n) is 2.12. The predicted octanol–water partition coefficient (Wildman–Crippen LogP) is -0.649. The fourth-order valence-corrected chi connectivity index (χ4v) is 2.12. The average Bonchev–Trinajstić information content (AvgIpc) is 2.31. The van der Waals surface area contributed by atoms with Crippen LogP contribution >= 0.6 is 0 Å². The minimum atomic E-state index is -0.289. The molecular formula is C12H19N3O3. The monoisotopic (exact) mass is 253 g/mol. The van der Waals surface area contributed by atoms with Gasteiger partial charge in [0.1, 0.15) is 0 Å². The fraction of sp³-hybridized carbons (Fsp3) is 0.667. The van der Waals surface area contributed by atoms with Crippen LogP contribution in [0.25, 0.3) is 0 Å². The second-order valence-corrected chi connectivity index (χ2v) is 4.78. The Hall–Kier alpha value is -1.40.